The number of hydrogen-bond acceptors (Lipinski definition) is 3. The number of benzene rings is 1. The van der Waals surface area contributed by atoms with Gasteiger partial charge >= 0.3 is 5.97 Å². The lowest BCUT2D eigenvalue weighted by molar-refractivity contribution is -0.0498. The van der Waals surface area contributed by atoms with E-state index in [-0.39, 0.29) is 24.1 Å². The average molecular weight is 316 g/mol. The number of esters is 1. The zero-order valence-electron chi connectivity index (χ0n) is 14.2. The van der Waals surface area contributed by atoms with Crippen LogP contribution in [0.15, 0.2) is 30.3 Å². The third-order valence-electron chi connectivity index (χ3n) is 6.38. The number of fused-ring (bicyclic) bond motifs is 1. The van der Waals surface area contributed by atoms with Crippen molar-refractivity contribution in [2.75, 3.05) is 6.61 Å². The van der Waals surface area contributed by atoms with Crippen molar-refractivity contribution in [2.24, 2.45) is 23.2 Å². The van der Waals surface area contributed by atoms with Crippen LogP contribution in [-0.2, 0) is 4.74 Å². The summed E-state index contributed by atoms with van der Waals surface area (Å²) in [6, 6.07) is 9.28. The summed E-state index contributed by atoms with van der Waals surface area (Å²) < 4.78 is 5.92. The molecular weight excluding hydrogens is 288 g/mol. The normalized spacial score (nSPS) is 34.7. The van der Waals surface area contributed by atoms with Crippen LogP contribution in [0.3, 0.4) is 0 Å². The molecule has 1 aromatic rings. The largest absolute Gasteiger partial charge is 0.458 e. The maximum atomic E-state index is 12.4. The molecule has 2 aliphatic carbocycles. The quantitative estimate of drug-likeness (QED) is 0.852. The molecule has 1 aromatic carbocycles. The standard InChI is InChI=1S/C20H28O3/c1-14(13-21)16-10-11-17-18(9-6-12-20(16,17)2)23-19(22)15-7-4-3-5-8-15/h3-5,7-8,14,16-18,21H,6,9-13H2,1-2H3/t14-,16+,17-,18-,20+/m0/s1. The fourth-order valence-corrected chi connectivity index (χ4v) is 5.14. The van der Waals surface area contributed by atoms with Crippen LogP contribution in [0.4, 0.5) is 0 Å². The van der Waals surface area contributed by atoms with Crippen molar-refractivity contribution in [1.29, 1.82) is 0 Å². The molecule has 0 amide bonds. The highest BCUT2D eigenvalue weighted by Gasteiger charge is 2.53. The predicted octanol–water partition coefficient (Wildman–Crippen LogP) is 4.06. The molecule has 23 heavy (non-hydrogen) atoms. The maximum absolute atomic E-state index is 12.4. The van der Waals surface area contributed by atoms with Gasteiger partial charge in [-0.3, -0.25) is 0 Å². The van der Waals surface area contributed by atoms with Gasteiger partial charge in [0, 0.05) is 12.5 Å². The molecule has 5 atom stereocenters. The molecule has 2 fully saturated rings. The topological polar surface area (TPSA) is 46.5 Å². The molecule has 3 nitrogen and oxygen atoms in total. The van der Waals surface area contributed by atoms with Crippen LogP contribution in [0.5, 0.6) is 0 Å². The van der Waals surface area contributed by atoms with E-state index in [0.717, 1.165) is 25.7 Å². The molecule has 0 radical (unpaired) electrons. The lowest BCUT2D eigenvalue weighted by Crippen LogP contribution is -2.43. The highest BCUT2D eigenvalue weighted by atomic mass is 16.5. The maximum Gasteiger partial charge on any atom is 0.338 e. The van der Waals surface area contributed by atoms with Crippen molar-refractivity contribution in [3.05, 3.63) is 35.9 Å². The zero-order valence-corrected chi connectivity index (χ0v) is 14.2. The Morgan fingerprint density at radius 3 is 2.74 bits per heavy atom. The third-order valence-corrected chi connectivity index (χ3v) is 6.38. The lowest BCUT2D eigenvalue weighted by atomic mass is 9.62. The number of carbonyl (C=O) groups is 1. The van der Waals surface area contributed by atoms with Crippen LogP contribution >= 0.6 is 0 Å². The Kier molecular flexibility index (Phi) is 4.77. The minimum absolute atomic E-state index is 0.0253. The summed E-state index contributed by atoms with van der Waals surface area (Å²) in [4.78, 5) is 12.4. The Bertz CT molecular complexity index is 541. The fraction of sp³-hybridized carbons (Fsp3) is 0.650. The van der Waals surface area contributed by atoms with Gasteiger partial charge in [-0.05, 0) is 61.5 Å². The number of aliphatic hydroxyl groups excluding tert-OH is 1. The van der Waals surface area contributed by atoms with Crippen molar-refractivity contribution in [3.63, 3.8) is 0 Å². The molecular formula is C20H28O3. The van der Waals surface area contributed by atoms with Gasteiger partial charge in [-0.2, -0.15) is 0 Å². The van der Waals surface area contributed by atoms with Gasteiger partial charge in [-0.15, -0.1) is 0 Å². The van der Waals surface area contributed by atoms with E-state index in [0.29, 0.717) is 23.3 Å². The van der Waals surface area contributed by atoms with Gasteiger partial charge in [-0.25, -0.2) is 4.79 Å². The minimum atomic E-state index is -0.196. The summed E-state index contributed by atoms with van der Waals surface area (Å²) in [6.07, 6.45) is 5.54. The van der Waals surface area contributed by atoms with Crippen molar-refractivity contribution < 1.29 is 14.6 Å². The Labute approximate surface area is 139 Å². The van der Waals surface area contributed by atoms with Gasteiger partial charge in [0.1, 0.15) is 6.10 Å². The molecule has 0 bridgehead atoms. The highest BCUT2D eigenvalue weighted by molar-refractivity contribution is 5.89. The van der Waals surface area contributed by atoms with Crippen LogP contribution < -0.4 is 0 Å². The molecule has 0 spiro atoms. The number of hydrogen-bond donors (Lipinski definition) is 1. The van der Waals surface area contributed by atoms with Gasteiger partial charge in [0.25, 0.3) is 0 Å². The molecule has 0 aromatic heterocycles. The predicted molar refractivity (Wildman–Crippen MR) is 90.1 cm³/mol. The van der Waals surface area contributed by atoms with E-state index in [4.69, 9.17) is 4.74 Å². The van der Waals surface area contributed by atoms with E-state index < -0.39 is 0 Å². The highest BCUT2D eigenvalue weighted by Crippen LogP contribution is 2.58. The molecule has 0 heterocycles. The van der Waals surface area contributed by atoms with Crippen LogP contribution in [-0.4, -0.2) is 23.8 Å². The molecule has 0 saturated heterocycles. The first-order valence-electron chi connectivity index (χ1n) is 8.93. The first kappa shape index (κ1) is 16.5. The number of aliphatic hydroxyl groups is 1. The molecule has 3 rings (SSSR count). The molecule has 2 saturated carbocycles. The Hall–Kier alpha value is -1.35. The van der Waals surface area contributed by atoms with Crippen LogP contribution in [0, 0.1) is 23.2 Å². The molecule has 2 aliphatic rings. The summed E-state index contributed by atoms with van der Waals surface area (Å²) >= 11 is 0. The van der Waals surface area contributed by atoms with Crippen LogP contribution in [0.25, 0.3) is 0 Å². The van der Waals surface area contributed by atoms with E-state index in [1.165, 1.54) is 6.42 Å². The Morgan fingerprint density at radius 1 is 1.30 bits per heavy atom. The summed E-state index contributed by atoms with van der Waals surface area (Å²) in [5.74, 6) is 1.10. The van der Waals surface area contributed by atoms with Gasteiger partial charge in [-0.1, -0.05) is 32.0 Å². The summed E-state index contributed by atoms with van der Waals surface area (Å²) in [6.45, 7) is 4.75. The summed E-state index contributed by atoms with van der Waals surface area (Å²) in [5, 5.41) is 9.57. The van der Waals surface area contributed by atoms with Crippen molar-refractivity contribution >= 4 is 5.97 Å². The SMILES string of the molecule is C[C@@H](CO)[C@H]1CC[C@H]2[C@@H](OC(=O)c3ccccc3)CCC[C@]12C. The zero-order chi connectivity index (χ0) is 16.4. The first-order valence-corrected chi connectivity index (χ1v) is 8.93. The second-order valence-corrected chi connectivity index (χ2v) is 7.66. The average Bonchev–Trinajstić information content (AvgIpc) is 2.93. The lowest BCUT2D eigenvalue weighted by Gasteiger charge is -2.46. The monoisotopic (exact) mass is 316 g/mol. The second kappa shape index (κ2) is 6.64. The molecule has 0 aliphatic heterocycles. The third kappa shape index (κ3) is 3.03. The first-order chi connectivity index (χ1) is 11.1. The Morgan fingerprint density at radius 2 is 2.04 bits per heavy atom. The Balaban J connectivity index is 1.74. The van der Waals surface area contributed by atoms with Crippen molar-refractivity contribution in [1.82, 2.24) is 0 Å². The van der Waals surface area contributed by atoms with Gasteiger partial charge < -0.3 is 9.84 Å². The van der Waals surface area contributed by atoms with E-state index >= 15 is 0 Å². The number of ether oxygens (including phenoxy) is 1. The van der Waals surface area contributed by atoms with Crippen molar-refractivity contribution in [3.8, 4) is 0 Å². The fourth-order valence-electron chi connectivity index (χ4n) is 5.14. The van der Waals surface area contributed by atoms with Gasteiger partial charge in [0.15, 0.2) is 0 Å². The van der Waals surface area contributed by atoms with Gasteiger partial charge in [0.2, 0.25) is 0 Å². The number of carbonyl (C=O) groups excluding carboxylic acids is 1. The van der Waals surface area contributed by atoms with Crippen molar-refractivity contribution in [2.45, 2.75) is 52.1 Å². The molecule has 126 valence electrons. The van der Waals surface area contributed by atoms with E-state index in [1.807, 2.05) is 30.3 Å². The second-order valence-electron chi connectivity index (χ2n) is 7.66. The van der Waals surface area contributed by atoms with Crippen LogP contribution in [0.1, 0.15) is 56.3 Å². The van der Waals surface area contributed by atoms with Gasteiger partial charge in [0.05, 0.1) is 5.56 Å². The number of rotatable bonds is 4. The molecule has 0 unspecified atom stereocenters. The molecule has 1 N–H and O–H groups in total. The van der Waals surface area contributed by atoms with E-state index in [1.54, 1.807) is 0 Å². The van der Waals surface area contributed by atoms with Crippen LogP contribution in [0.2, 0.25) is 0 Å². The minimum Gasteiger partial charge on any atom is -0.458 e. The summed E-state index contributed by atoms with van der Waals surface area (Å²) in [5.41, 5.74) is 0.834. The smallest absolute Gasteiger partial charge is 0.338 e. The summed E-state index contributed by atoms with van der Waals surface area (Å²) in [7, 11) is 0. The van der Waals surface area contributed by atoms with E-state index in [2.05, 4.69) is 13.8 Å². The molecule has 3 heteroatoms. The van der Waals surface area contributed by atoms with E-state index in [9.17, 15) is 9.90 Å².